The molecule has 0 bridgehead atoms. The number of carbonyl (C=O) groups excluding carboxylic acids is 8. The van der Waals surface area contributed by atoms with Gasteiger partial charge in [0.15, 0.2) is 25.5 Å². The first-order chi connectivity index (χ1) is 52.0. The van der Waals surface area contributed by atoms with Crippen LogP contribution in [0.1, 0.15) is 178 Å². The maximum absolute atomic E-state index is 13.0. The van der Waals surface area contributed by atoms with Crippen molar-refractivity contribution in [2.75, 3.05) is 78.8 Å². The Labute approximate surface area is 630 Å². The molecule has 0 saturated carbocycles. The molecule has 0 spiro atoms. The predicted octanol–water partition coefficient (Wildman–Crippen LogP) is -0.395. The highest BCUT2D eigenvalue weighted by Gasteiger charge is 2.54. The first kappa shape index (κ1) is 91.5. The molecule has 0 unspecified atom stereocenters. The standard InChI is InChI=1S/C74H118N8O26/c1-47(86)82-62-65(97)69(107-74-68(100)70(64(96)53(44-84)105-74)108-73-67(99)66(98)63(95)52(43-83)104-73)54(45-85)106-72(62)102-41-21-40-79-59(91)28-10-4-16-36-76-56(88)26-11-5-17-38-80-60(92)46-103-51-32-30-48(31-33-51)49-22-20-23-50(42-49)71(101)81-39-19-6-12-27-58(90)77-35-15-2-8-24-55(87)75-34-14-3-9-25-57(89)78-37-18-7-13-29-61(93)94/h20,22-23,30-33,42,52-54,62-70,72-74,83-85,95-100H,2-19,21,24-29,34-41,43-46H2,1H3,(H,75,87)(H,76,88)(H,77,90)(H,78,89)(H,79,91)(H,80,92)(H,81,101)(H,82,86)(H,93,94)/t52-,53-,54-,62-,63+,64+,65-,66+,67-,68-,69-,70+,72-,73-,74+/m1/s1. The first-order valence-corrected chi connectivity index (χ1v) is 38.0. The molecule has 8 amide bonds. The van der Waals surface area contributed by atoms with Crippen molar-refractivity contribution in [2.45, 2.75) is 259 Å². The van der Waals surface area contributed by atoms with Gasteiger partial charge in [0.25, 0.3) is 11.8 Å². The number of hydrogen-bond acceptors (Lipinski definition) is 25. The third-order valence-corrected chi connectivity index (χ3v) is 18.5. The van der Waals surface area contributed by atoms with Crippen molar-refractivity contribution in [1.29, 1.82) is 0 Å². The summed E-state index contributed by atoms with van der Waals surface area (Å²) in [6.07, 6.45) is -8.49. The van der Waals surface area contributed by atoms with Crippen LogP contribution in [0.25, 0.3) is 11.1 Å². The second-order valence-electron chi connectivity index (χ2n) is 27.3. The average molecular weight is 1540 g/mol. The first-order valence-electron chi connectivity index (χ1n) is 38.0. The van der Waals surface area contributed by atoms with Crippen LogP contribution in [0, 0.1) is 0 Å². The molecule has 15 atom stereocenters. The van der Waals surface area contributed by atoms with E-state index in [2.05, 4.69) is 42.5 Å². The Bertz CT molecular complexity index is 2990. The molecule has 3 saturated heterocycles. The number of rotatable bonds is 54. The summed E-state index contributed by atoms with van der Waals surface area (Å²) in [7, 11) is 0. The van der Waals surface area contributed by atoms with E-state index >= 15 is 0 Å². The smallest absolute Gasteiger partial charge is 0.303 e. The van der Waals surface area contributed by atoms with E-state index < -0.39 is 124 Å². The van der Waals surface area contributed by atoms with E-state index in [0.29, 0.717) is 121 Å². The van der Waals surface area contributed by atoms with Crippen molar-refractivity contribution < 1.29 is 127 Å². The van der Waals surface area contributed by atoms with Crippen molar-refractivity contribution in [3.05, 3.63) is 54.1 Å². The van der Waals surface area contributed by atoms with Crippen molar-refractivity contribution in [3.63, 3.8) is 0 Å². The Kier molecular flexibility index (Phi) is 44.1. The maximum atomic E-state index is 13.0. The normalized spacial score (nSPS) is 24.0. The number of aliphatic hydroxyl groups excluding tert-OH is 9. The third kappa shape index (κ3) is 34.4. The van der Waals surface area contributed by atoms with Gasteiger partial charge in [-0.05, 0) is 119 Å². The van der Waals surface area contributed by atoms with Crippen molar-refractivity contribution >= 4 is 53.2 Å². The van der Waals surface area contributed by atoms with Gasteiger partial charge >= 0.3 is 5.97 Å². The monoisotopic (exact) mass is 1530 g/mol. The van der Waals surface area contributed by atoms with Crippen LogP contribution in [-0.4, -0.2) is 275 Å². The van der Waals surface area contributed by atoms with Gasteiger partial charge in [-0.3, -0.25) is 43.2 Å². The molecule has 3 heterocycles. The van der Waals surface area contributed by atoms with Gasteiger partial charge in [-0.1, -0.05) is 62.8 Å². The van der Waals surface area contributed by atoms with Crippen molar-refractivity contribution in [3.8, 4) is 16.9 Å². The van der Waals surface area contributed by atoms with E-state index in [9.17, 15) is 89.1 Å². The molecule has 34 heteroatoms. The molecule has 3 fully saturated rings. The van der Waals surface area contributed by atoms with Crippen LogP contribution >= 0.6 is 0 Å². The number of carboxylic acid groups (broad SMARTS) is 1. The summed E-state index contributed by atoms with van der Waals surface area (Å²) in [4.78, 5) is 110. The SMILES string of the molecule is CC(=O)N[C@H]1[C@H](OCCCNC(=O)CCCCCNC(=O)CCCCCNC(=O)COc2ccc(-c3cccc(C(=O)NCCCCCC(=O)NCCCCCC(=O)NCCCCCC(=O)NCCCCCC(=O)O)c3)cc2)O[C@H](CO)[C@@H](O[C@@H]2O[C@H](CO)[C@H](O)[C@H](O[C@H]3O[C@H](CO)[C@H](O)[C@H](O)[C@H]3O)[C@H]2O)[C@@H]1O. The van der Waals surface area contributed by atoms with Crippen LogP contribution in [0.5, 0.6) is 5.75 Å². The number of benzene rings is 2. The van der Waals surface area contributed by atoms with Gasteiger partial charge in [0.2, 0.25) is 35.4 Å². The minimum atomic E-state index is -1.98. The van der Waals surface area contributed by atoms with Gasteiger partial charge in [-0.25, -0.2) is 0 Å². The Hall–Kier alpha value is -7.13. The maximum Gasteiger partial charge on any atom is 0.303 e. The van der Waals surface area contributed by atoms with Gasteiger partial charge in [-0.15, -0.1) is 0 Å². The molecule has 18 N–H and O–H groups in total. The lowest BCUT2D eigenvalue weighted by atomic mass is 9.95. The molecule has 0 aliphatic carbocycles. The van der Waals surface area contributed by atoms with Gasteiger partial charge in [0, 0.05) is 96.8 Å². The summed E-state index contributed by atoms with van der Waals surface area (Å²) in [6, 6.07) is 13.1. The minimum absolute atomic E-state index is 0.00405. The van der Waals surface area contributed by atoms with Crippen molar-refractivity contribution in [2.24, 2.45) is 0 Å². The molecule has 3 aliphatic rings. The fourth-order valence-corrected chi connectivity index (χ4v) is 12.3. The molecular formula is C74H118N8O26. The molecule has 610 valence electrons. The van der Waals surface area contributed by atoms with Gasteiger partial charge in [-0.2, -0.15) is 0 Å². The molecule has 0 radical (unpaired) electrons. The zero-order chi connectivity index (χ0) is 78.6. The van der Waals surface area contributed by atoms with Crippen LogP contribution in [0.2, 0.25) is 0 Å². The van der Waals surface area contributed by atoms with E-state index in [-0.39, 0.29) is 80.4 Å². The average Bonchev–Trinajstić information content (AvgIpc) is 0.777. The van der Waals surface area contributed by atoms with Crippen molar-refractivity contribution in [1.82, 2.24) is 42.5 Å². The summed E-state index contributed by atoms with van der Waals surface area (Å²) in [5.74, 6) is -1.75. The van der Waals surface area contributed by atoms with E-state index in [0.717, 1.165) is 81.8 Å². The van der Waals surface area contributed by atoms with E-state index in [1.54, 1.807) is 24.3 Å². The van der Waals surface area contributed by atoms with Crippen LogP contribution in [-0.2, 0) is 66.8 Å². The second-order valence-corrected chi connectivity index (χ2v) is 27.3. The predicted molar refractivity (Wildman–Crippen MR) is 387 cm³/mol. The molecule has 2 aromatic rings. The second kappa shape index (κ2) is 52.1. The zero-order valence-electron chi connectivity index (χ0n) is 61.9. The number of carbonyl (C=O) groups is 9. The number of ether oxygens (including phenoxy) is 7. The largest absolute Gasteiger partial charge is 0.484 e. The highest BCUT2D eigenvalue weighted by molar-refractivity contribution is 5.95. The number of nitrogens with one attached hydrogen (secondary N) is 8. The highest BCUT2D eigenvalue weighted by Crippen LogP contribution is 2.33. The van der Waals surface area contributed by atoms with E-state index in [1.807, 2.05) is 24.3 Å². The quantitative estimate of drug-likeness (QED) is 0.0375. The number of aliphatic carboxylic acids is 1. The highest BCUT2D eigenvalue weighted by atomic mass is 16.8. The fourth-order valence-electron chi connectivity index (χ4n) is 12.3. The Morgan fingerprint density at radius 2 is 0.815 bits per heavy atom. The lowest BCUT2D eigenvalue weighted by Crippen LogP contribution is -2.68. The van der Waals surface area contributed by atoms with Crippen LogP contribution < -0.4 is 47.3 Å². The summed E-state index contributed by atoms with van der Waals surface area (Å²) >= 11 is 0. The van der Waals surface area contributed by atoms with E-state index in [4.69, 9.17) is 38.3 Å². The third-order valence-electron chi connectivity index (χ3n) is 18.5. The molecule has 2 aromatic carbocycles. The molecule has 3 aliphatic heterocycles. The van der Waals surface area contributed by atoms with Gasteiger partial charge in [0.1, 0.15) is 78.9 Å². The number of carboxylic acids is 1. The summed E-state index contributed by atoms with van der Waals surface area (Å²) in [5, 5.41) is 126. The number of unbranched alkanes of at least 4 members (excludes halogenated alkanes) is 12. The topological polar surface area (TPSA) is 517 Å². The summed E-state index contributed by atoms with van der Waals surface area (Å²) < 4.78 is 39.9. The Morgan fingerprint density at radius 1 is 0.398 bits per heavy atom. The van der Waals surface area contributed by atoms with E-state index in [1.165, 1.54) is 6.92 Å². The summed E-state index contributed by atoms with van der Waals surface area (Å²) in [6.45, 7) is 1.69. The van der Waals surface area contributed by atoms with Crippen LogP contribution in [0.3, 0.4) is 0 Å². The number of aliphatic hydroxyl groups is 9. The van der Waals surface area contributed by atoms with Crippen LogP contribution in [0.4, 0.5) is 0 Å². The molecule has 108 heavy (non-hydrogen) atoms. The molecular weight excluding hydrogens is 1420 g/mol. The fraction of sp³-hybridized carbons (Fsp3) is 0.716. The van der Waals surface area contributed by atoms with Crippen LogP contribution in [0.15, 0.2) is 48.5 Å². The molecule has 5 rings (SSSR count). The zero-order valence-corrected chi connectivity index (χ0v) is 61.9. The molecule has 34 nitrogen and oxygen atoms in total. The molecule has 0 aromatic heterocycles. The van der Waals surface area contributed by atoms with Gasteiger partial charge in [0.05, 0.1) is 26.4 Å². The van der Waals surface area contributed by atoms with Gasteiger partial charge < -0.3 is 127 Å². The lowest BCUT2D eigenvalue weighted by molar-refractivity contribution is -0.376. The Morgan fingerprint density at radius 3 is 1.28 bits per heavy atom. The number of hydrogen-bond donors (Lipinski definition) is 18. The number of amides is 8. The lowest BCUT2D eigenvalue weighted by Gasteiger charge is -2.48. The minimum Gasteiger partial charge on any atom is -0.484 e. The summed E-state index contributed by atoms with van der Waals surface area (Å²) in [5.41, 5.74) is 2.19. The Balaban J connectivity index is 0.822.